The minimum absolute atomic E-state index is 0.0198. The van der Waals surface area contributed by atoms with Crippen LogP contribution in [0.15, 0.2) is 23.1 Å². The number of benzene rings is 1. The number of nitrogens with two attached hydrogens (primary N) is 1. The van der Waals surface area contributed by atoms with Crippen LogP contribution in [-0.2, 0) is 14.6 Å². The van der Waals surface area contributed by atoms with Crippen molar-refractivity contribution in [2.75, 3.05) is 5.73 Å². The topological polar surface area (TPSA) is 89.3 Å². The number of carbonyl (C=O) groups excluding carboxylic acids is 1. The molecule has 1 fully saturated rings. The van der Waals surface area contributed by atoms with Crippen molar-refractivity contribution in [2.45, 2.75) is 48.8 Å². The van der Waals surface area contributed by atoms with E-state index in [9.17, 15) is 17.6 Å². The zero-order valence-corrected chi connectivity index (χ0v) is 12.6. The average Bonchev–Trinajstić information content (AvgIpc) is 2.90. The fourth-order valence-corrected chi connectivity index (χ4v) is 3.79. The molecule has 21 heavy (non-hydrogen) atoms. The molecule has 2 rings (SSSR count). The van der Waals surface area contributed by atoms with Gasteiger partial charge in [-0.05, 0) is 38.0 Å². The minimum Gasteiger partial charge on any atom is -0.399 e. The molecule has 0 radical (unpaired) electrons. The van der Waals surface area contributed by atoms with Gasteiger partial charge < -0.3 is 11.1 Å². The summed E-state index contributed by atoms with van der Waals surface area (Å²) < 4.78 is 38.5. The highest BCUT2D eigenvalue weighted by atomic mass is 32.2. The van der Waals surface area contributed by atoms with Crippen molar-refractivity contribution in [2.24, 2.45) is 0 Å². The summed E-state index contributed by atoms with van der Waals surface area (Å²) in [7, 11) is -4.07. The van der Waals surface area contributed by atoms with E-state index in [1.807, 2.05) is 0 Å². The highest BCUT2D eigenvalue weighted by Crippen LogP contribution is 2.23. The monoisotopic (exact) mass is 314 g/mol. The third-order valence-corrected chi connectivity index (χ3v) is 5.89. The smallest absolute Gasteiger partial charge is 0.238 e. The number of anilines is 1. The Hall–Kier alpha value is -1.63. The van der Waals surface area contributed by atoms with E-state index in [0.717, 1.165) is 37.8 Å². The molecule has 1 aromatic carbocycles. The van der Waals surface area contributed by atoms with Crippen molar-refractivity contribution in [3.05, 3.63) is 24.0 Å². The average molecular weight is 314 g/mol. The molecule has 5 nitrogen and oxygen atoms in total. The van der Waals surface area contributed by atoms with Crippen LogP contribution in [0.1, 0.15) is 32.6 Å². The van der Waals surface area contributed by atoms with Gasteiger partial charge in [0.1, 0.15) is 16.0 Å². The van der Waals surface area contributed by atoms with Crippen LogP contribution in [0, 0.1) is 5.82 Å². The van der Waals surface area contributed by atoms with Crippen LogP contribution in [0.3, 0.4) is 0 Å². The molecule has 1 atom stereocenters. The third-order valence-electron chi connectivity index (χ3n) is 3.80. The molecule has 116 valence electrons. The lowest BCUT2D eigenvalue weighted by molar-refractivity contribution is -0.121. The lowest BCUT2D eigenvalue weighted by atomic mass is 10.2. The molecule has 3 N–H and O–H groups in total. The Kier molecular flexibility index (Phi) is 4.51. The first-order valence-corrected chi connectivity index (χ1v) is 8.46. The maximum atomic E-state index is 13.8. The first-order chi connectivity index (χ1) is 9.82. The number of halogens is 1. The molecule has 1 aliphatic rings. The number of hydrogen-bond acceptors (Lipinski definition) is 4. The van der Waals surface area contributed by atoms with Gasteiger partial charge in [0.2, 0.25) is 5.91 Å². The molecule has 7 heteroatoms. The van der Waals surface area contributed by atoms with Crippen LogP contribution < -0.4 is 11.1 Å². The van der Waals surface area contributed by atoms with Crippen LogP contribution in [0.5, 0.6) is 0 Å². The second kappa shape index (κ2) is 6.01. The van der Waals surface area contributed by atoms with Gasteiger partial charge in [-0.1, -0.05) is 12.8 Å². The summed E-state index contributed by atoms with van der Waals surface area (Å²) in [4.78, 5) is 11.6. The molecule has 0 saturated heterocycles. The highest BCUT2D eigenvalue weighted by Gasteiger charge is 2.33. The van der Waals surface area contributed by atoms with Crippen LogP contribution in [0.2, 0.25) is 0 Å². The van der Waals surface area contributed by atoms with E-state index in [1.54, 1.807) is 0 Å². The van der Waals surface area contributed by atoms with Gasteiger partial charge in [-0.15, -0.1) is 0 Å². The standard InChI is InChI=1S/C14H19FN2O3S/c1-9(14(18)17-11-4-2-3-5-11)21(19,20)13-7-6-10(16)8-12(13)15/h6-9,11H,2-5,16H2,1H3,(H,17,18). The molecule has 1 saturated carbocycles. The molecule has 0 aromatic heterocycles. The van der Waals surface area contributed by atoms with Gasteiger partial charge in [0.15, 0.2) is 9.84 Å². The molecule has 0 heterocycles. The zero-order chi connectivity index (χ0) is 15.6. The number of nitrogen functional groups attached to an aromatic ring is 1. The Bertz CT molecular complexity index is 640. The maximum Gasteiger partial charge on any atom is 0.238 e. The first kappa shape index (κ1) is 15.8. The van der Waals surface area contributed by atoms with Crippen molar-refractivity contribution in [1.82, 2.24) is 5.32 Å². The quantitative estimate of drug-likeness (QED) is 0.827. The predicted octanol–water partition coefficient (Wildman–Crippen LogP) is 1.63. The number of rotatable bonds is 4. The SMILES string of the molecule is CC(C(=O)NC1CCCC1)S(=O)(=O)c1ccc(N)cc1F. The van der Waals surface area contributed by atoms with Crippen molar-refractivity contribution in [3.8, 4) is 0 Å². The first-order valence-electron chi connectivity index (χ1n) is 6.91. The molecule has 1 aromatic rings. The Morgan fingerprint density at radius 3 is 2.57 bits per heavy atom. The fourth-order valence-electron chi connectivity index (χ4n) is 2.47. The fraction of sp³-hybridized carbons (Fsp3) is 0.500. The Morgan fingerprint density at radius 2 is 2.00 bits per heavy atom. The van der Waals surface area contributed by atoms with E-state index < -0.39 is 31.7 Å². The van der Waals surface area contributed by atoms with E-state index in [4.69, 9.17) is 5.73 Å². The van der Waals surface area contributed by atoms with Crippen molar-refractivity contribution >= 4 is 21.4 Å². The summed E-state index contributed by atoms with van der Waals surface area (Å²) in [6.45, 7) is 1.27. The number of sulfone groups is 1. The molecule has 1 aliphatic carbocycles. The van der Waals surface area contributed by atoms with Gasteiger partial charge in [0, 0.05) is 11.7 Å². The van der Waals surface area contributed by atoms with E-state index in [1.165, 1.54) is 13.0 Å². The normalized spacial score (nSPS) is 17.6. The summed E-state index contributed by atoms with van der Waals surface area (Å²) >= 11 is 0. The Morgan fingerprint density at radius 1 is 1.38 bits per heavy atom. The summed E-state index contributed by atoms with van der Waals surface area (Å²) in [5, 5.41) is 1.38. The van der Waals surface area contributed by atoms with E-state index >= 15 is 0 Å². The van der Waals surface area contributed by atoms with Gasteiger partial charge >= 0.3 is 0 Å². The van der Waals surface area contributed by atoms with E-state index in [2.05, 4.69) is 5.32 Å². The van der Waals surface area contributed by atoms with Gasteiger partial charge in [0.05, 0.1) is 0 Å². The van der Waals surface area contributed by atoms with Gasteiger partial charge in [-0.2, -0.15) is 0 Å². The number of amides is 1. The minimum atomic E-state index is -4.07. The molecule has 0 bridgehead atoms. The predicted molar refractivity (Wildman–Crippen MR) is 77.9 cm³/mol. The Balaban J connectivity index is 2.19. The second-order valence-corrected chi connectivity index (χ2v) is 7.60. The van der Waals surface area contributed by atoms with Crippen LogP contribution in [0.25, 0.3) is 0 Å². The van der Waals surface area contributed by atoms with Crippen molar-refractivity contribution in [3.63, 3.8) is 0 Å². The molecule has 1 unspecified atom stereocenters. The van der Waals surface area contributed by atoms with Crippen LogP contribution >= 0.6 is 0 Å². The third kappa shape index (κ3) is 3.34. The molecular weight excluding hydrogens is 295 g/mol. The number of carbonyl (C=O) groups is 1. The van der Waals surface area contributed by atoms with E-state index in [-0.39, 0.29) is 11.7 Å². The van der Waals surface area contributed by atoms with Crippen molar-refractivity contribution in [1.29, 1.82) is 0 Å². The van der Waals surface area contributed by atoms with Gasteiger partial charge in [0.25, 0.3) is 0 Å². The van der Waals surface area contributed by atoms with Crippen LogP contribution in [0.4, 0.5) is 10.1 Å². The molecular formula is C14H19FN2O3S. The maximum absolute atomic E-state index is 13.8. The molecule has 0 spiro atoms. The summed E-state index contributed by atoms with van der Waals surface area (Å²) in [6.07, 6.45) is 3.76. The number of nitrogens with one attached hydrogen (secondary N) is 1. The second-order valence-electron chi connectivity index (χ2n) is 5.37. The summed E-state index contributed by atoms with van der Waals surface area (Å²) in [5.74, 6) is -1.52. The highest BCUT2D eigenvalue weighted by molar-refractivity contribution is 7.92. The summed E-state index contributed by atoms with van der Waals surface area (Å²) in [5.41, 5.74) is 5.54. The van der Waals surface area contributed by atoms with E-state index in [0.29, 0.717) is 0 Å². The Labute approximate surface area is 123 Å². The number of hydrogen-bond donors (Lipinski definition) is 2. The molecule has 0 aliphatic heterocycles. The lowest BCUT2D eigenvalue weighted by Gasteiger charge is -2.17. The molecule has 1 amide bonds. The zero-order valence-electron chi connectivity index (χ0n) is 11.8. The summed E-state index contributed by atoms with van der Waals surface area (Å²) in [6, 6.07) is 3.36. The largest absolute Gasteiger partial charge is 0.399 e. The van der Waals surface area contributed by atoms with Gasteiger partial charge in [-0.3, -0.25) is 4.79 Å². The lowest BCUT2D eigenvalue weighted by Crippen LogP contribution is -2.42. The van der Waals surface area contributed by atoms with Crippen LogP contribution in [-0.4, -0.2) is 25.6 Å². The van der Waals surface area contributed by atoms with Crippen molar-refractivity contribution < 1.29 is 17.6 Å². The van der Waals surface area contributed by atoms with Gasteiger partial charge in [-0.25, -0.2) is 12.8 Å².